The van der Waals surface area contributed by atoms with Crippen molar-refractivity contribution in [2.75, 3.05) is 7.11 Å². The molecule has 0 atom stereocenters. The number of carbonyl (C=O) groups excluding carboxylic acids is 1. The summed E-state index contributed by atoms with van der Waals surface area (Å²) >= 11 is 0. The van der Waals surface area contributed by atoms with E-state index in [4.69, 9.17) is 0 Å². The van der Waals surface area contributed by atoms with Gasteiger partial charge in [-0.1, -0.05) is 6.07 Å². The van der Waals surface area contributed by atoms with E-state index in [1.165, 1.54) is 7.11 Å². The van der Waals surface area contributed by atoms with Gasteiger partial charge in [0.2, 0.25) is 0 Å². The molecule has 2 rings (SSSR count). The van der Waals surface area contributed by atoms with Crippen LogP contribution in [0, 0.1) is 11.8 Å². The fourth-order valence-electron chi connectivity index (χ4n) is 1.22. The van der Waals surface area contributed by atoms with Crippen LogP contribution in [0.15, 0.2) is 30.6 Å². The molecule has 0 bridgehead atoms. The quantitative estimate of drug-likeness (QED) is 0.468. The molecule has 2 aromatic heterocycles. The van der Waals surface area contributed by atoms with Gasteiger partial charge in [-0.3, -0.25) is 4.40 Å². The van der Waals surface area contributed by atoms with Crippen LogP contribution in [-0.4, -0.2) is 22.5 Å². The van der Waals surface area contributed by atoms with E-state index in [9.17, 15) is 4.79 Å². The van der Waals surface area contributed by atoms with Crippen molar-refractivity contribution >= 4 is 11.6 Å². The van der Waals surface area contributed by atoms with Gasteiger partial charge in [0, 0.05) is 18.3 Å². The summed E-state index contributed by atoms with van der Waals surface area (Å²) in [5.74, 6) is 4.54. The van der Waals surface area contributed by atoms with Crippen LogP contribution in [-0.2, 0) is 9.53 Å². The summed E-state index contributed by atoms with van der Waals surface area (Å²) in [4.78, 5) is 14.9. The zero-order chi connectivity index (χ0) is 10.7. The third-order valence-electron chi connectivity index (χ3n) is 1.91. The summed E-state index contributed by atoms with van der Waals surface area (Å²) in [6.45, 7) is 0. The maximum Gasteiger partial charge on any atom is 0.384 e. The van der Waals surface area contributed by atoms with Gasteiger partial charge in [0.15, 0.2) is 0 Å². The molecule has 0 aliphatic heterocycles. The smallest absolute Gasteiger partial charge is 0.384 e. The van der Waals surface area contributed by atoms with Crippen molar-refractivity contribution in [3.05, 3.63) is 36.3 Å². The molecule has 0 fully saturated rings. The Balaban J connectivity index is 2.46. The second-order valence-electron chi connectivity index (χ2n) is 2.81. The summed E-state index contributed by atoms with van der Waals surface area (Å²) in [7, 11) is 1.30. The molecule has 4 heteroatoms. The van der Waals surface area contributed by atoms with Crippen molar-refractivity contribution in [1.29, 1.82) is 0 Å². The maximum atomic E-state index is 10.8. The highest BCUT2D eigenvalue weighted by molar-refractivity contribution is 5.88. The Morgan fingerprint density at radius 1 is 1.53 bits per heavy atom. The van der Waals surface area contributed by atoms with Crippen molar-refractivity contribution < 1.29 is 9.53 Å². The molecule has 0 spiro atoms. The summed E-state index contributed by atoms with van der Waals surface area (Å²) in [6, 6.07) is 5.51. The van der Waals surface area contributed by atoms with Crippen LogP contribution >= 0.6 is 0 Å². The van der Waals surface area contributed by atoms with Gasteiger partial charge < -0.3 is 4.74 Å². The highest BCUT2D eigenvalue weighted by atomic mass is 16.5. The number of pyridine rings is 1. The first-order chi connectivity index (χ1) is 7.31. The van der Waals surface area contributed by atoms with Crippen LogP contribution in [0.2, 0.25) is 0 Å². The largest absolute Gasteiger partial charge is 0.459 e. The number of imidazole rings is 1. The average Bonchev–Trinajstić information content (AvgIpc) is 2.74. The Morgan fingerprint density at radius 3 is 3.20 bits per heavy atom. The standard InChI is InChI=1S/C11H8N2O2/c1-15-11(14)6-5-9-3-2-4-10-12-7-8-13(9)10/h2-4,7-8H,1H3. The number of hydrogen-bond acceptors (Lipinski definition) is 3. The normalized spacial score (nSPS) is 9.40. The minimum absolute atomic E-state index is 0.549. The van der Waals surface area contributed by atoms with Crippen molar-refractivity contribution in [3.8, 4) is 11.8 Å². The number of carbonyl (C=O) groups is 1. The molecule has 0 saturated carbocycles. The fourth-order valence-corrected chi connectivity index (χ4v) is 1.22. The highest BCUT2D eigenvalue weighted by Gasteiger charge is 1.97. The van der Waals surface area contributed by atoms with E-state index in [1.54, 1.807) is 16.8 Å². The maximum absolute atomic E-state index is 10.8. The summed E-state index contributed by atoms with van der Waals surface area (Å²) < 4.78 is 6.23. The number of rotatable bonds is 0. The van der Waals surface area contributed by atoms with Crippen LogP contribution in [0.1, 0.15) is 5.69 Å². The third kappa shape index (κ3) is 1.81. The molecular weight excluding hydrogens is 192 g/mol. The number of fused-ring (bicyclic) bond motifs is 1. The van der Waals surface area contributed by atoms with Gasteiger partial charge in [0.25, 0.3) is 0 Å². The molecule has 2 aromatic rings. The van der Waals surface area contributed by atoms with Crippen LogP contribution in [0.3, 0.4) is 0 Å². The highest BCUT2D eigenvalue weighted by Crippen LogP contribution is 2.03. The van der Waals surface area contributed by atoms with Crippen molar-refractivity contribution in [3.63, 3.8) is 0 Å². The minimum atomic E-state index is -0.549. The van der Waals surface area contributed by atoms with E-state index in [2.05, 4.69) is 21.6 Å². The van der Waals surface area contributed by atoms with Crippen molar-refractivity contribution in [2.24, 2.45) is 0 Å². The average molecular weight is 200 g/mol. The molecule has 0 amide bonds. The molecule has 0 aromatic carbocycles. The predicted molar refractivity (Wildman–Crippen MR) is 54.1 cm³/mol. The molecule has 15 heavy (non-hydrogen) atoms. The first-order valence-corrected chi connectivity index (χ1v) is 4.33. The SMILES string of the molecule is COC(=O)C#Cc1cccc2nccn12. The lowest BCUT2D eigenvalue weighted by Crippen LogP contribution is -1.96. The molecule has 0 aliphatic carbocycles. The van der Waals surface area contributed by atoms with Crippen molar-refractivity contribution in [1.82, 2.24) is 9.38 Å². The van der Waals surface area contributed by atoms with E-state index < -0.39 is 5.97 Å². The second-order valence-corrected chi connectivity index (χ2v) is 2.81. The summed E-state index contributed by atoms with van der Waals surface area (Å²) in [5.41, 5.74) is 1.50. The van der Waals surface area contributed by atoms with E-state index in [-0.39, 0.29) is 0 Å². The Kier molecular flexibility index (Phi) is 2.38. The number of esters is 1. The minimum Gasteiger partial charge on any atom is -0.459 e. The van der Waals surface area contributed by atoms with Crippen molar-refractivity contribution in [2.45, 2.75) is 0 Å². The van der Waals surface area contributed by atoms with Gasteiger partial charge in [-0.15, -0.1) is 0 Å². The number of methoxy groups -OCH3 is 1. The first kappa shape index (κ1) is 9.28. The predicted octanol–water partition coefficient (Wildman–Crippen LogP) is 0.859. The number of hydrogen-bond donors (Lipinski definition) is 0. The third-order valence-corrected chi connectivity index (χ3v) is 1.91. The zero-order valence-corrected chi connectivity index (χ0v) is 8.10. The molecule has 0 N–H and O–H groups in total. The first-order valence-electron chi connectivity index (χ1n) is 4.33. The van der Waals surface area contributed by atoms with Gasteiger partial charge in [0.05, 0.1) is 12.8 Å². The number of aromatic nitrogens is 2. The molecule has 0 radical (unpaired) electrons. The lowest BCUT2D eigenvalue weighted by Gasteiger charge is -1.95. The van der Waals surface area contributed by atoms with Gasteiger partial charge >= 0.3 is 5.97 Å². The van der Waals surface area contributed by atoms with E-state index >= 15 is 0 Å². The Hall–Kier alpha value is -2.28. The zero-order valence-electron chi connectivity index (χ0n) is 8.10. The number of nitrogens with zero attached hydrogens (tertiary/aromatic N) is 2. The Morgan fingerprint density at radius 2 is 2.40 bits per heavy atom. The summed E-state index contributed by atoms with van der Waals surface area (Å²) in [6.07, 6.45) is 3.47. The molecule has 74 valence electrons. The molecular formula is C11H8N2O2. The lowest BCUT2D eigenvalue weighted by atomic mass is 10.3. The lowest BCUT2D eigenvalue weighted by molar-refractivity contribution is -0.133. The van der Waals surface area contributed by atoms with E-state index in [0.717, 1.165) is 5.65 Å². The van der Waals surface area contributed by atoms with Gasteiger partial charge in [0.1, 0.15) is 5.65 Å². The second kappa shape index (κ2) is 3.84. The molecule has 0 saturated heterocycles. The van der Waals surface area contributed by atoms with Gasteiger partial charge in [-0.05, 0) is 18.1 Å². The molecule has 0 unspecified atom stereocenters. The van der Waals surface area contributed by atoms with Crippen LogP contribution in [0.4, 0.5) is 0 Å². The number of ether oxygens (including phenoxy) is 1. The van der Waals surface area contributed by atoms with E-state index in [1.807, 2.05) is 18.2 Å². The Labute approximate surface area is 86.5 Å². The van der Waals surface area contributed by atoms with Crippen LogP contribution in [0.5, 0.6) is 0 Å². The molecule has 2 heterocycles. The summed E-state index contributed by atoms with van der Waals surface area (Å²) in [5, 5.41) is 0. The van der Waals surface area contributed by atoms with Crippen LogP contribution < -0.4 is 0 Å². The Bertz CT molecular complexity index is 560. The molecule has 4 nitrogen and oxygen atoms in total. The van der Waals surface area contributed by atoms with E-state index in [0.29, 0.717) is 5.69 Å². The van der Waals surface area contributed by atoms with Crippen LogP contribution in [0.25, 0.3) is 5.65 Å². The fraction of sp³-hybridized carbons (Fsp3) is 0.0909. The topological polar surface area (TPSA) is 43.6 Å². The molecule has 0 aliphatic rings. The van der Waals surface area contributed by atoms with Gasteiger partial charge in [-0.2, -0.15) is 0 Å². The van der Waals surface area contributed by atoms with Gasteiger partial charge in [-0.25, -0.2) is 9.78 Å². The monoisotopic (exact) mass is 200 g/mol.